The number of carbonyl (C=O) groups is 1. The lowest BCUT2D eigenvalue weighted by molar-refractivity contribution is -0.130. The van der Waals surface area contributed by atoms with E-state index >= 15 is 0 Å². The molecular formula is C16H14N2O4. The van der Waals surface area contributed by atoms with E-state index in [4.69, 9.17) is 9.47 Å². The molecular weight excluding hydrogens is 284 g/mol. The van der Waals surface area contributed by atoms with Gasteiger partial charge in [-0.2, -0.15) is 5.10 Å². The van der Waals surface area contributed by atoms with Crippen LogP contribution < -0.4 is 14.9 Å². The largest absolute Gasteiger partial charge is 0.507 e. The summed E-state index contributed by atoms with van der Waals surface area (Å²) in [6.07, 6.45) is 0.599. The van der Waals surface area contributed by atoms with Crippen molar-refractivity contribution < 1.29 is 19.4 Å². The molecule has 0 radical (unpaired) electrons. The lowest BCUT2D eigenvalue weighted by Crippen LogP contribution is -2.42. The Hall–Kier alpha value is -3.02. The number of aromatic hydroxyl groups is 1. The van der Waals surface area contributed by atoms with Crippen LogP contribution in [0.1, 0.15) is 5.56 Å². The normalized spacial score (nSPS) is 16.5. The molecule has 1 aliphatic rings. The fourth-order valence-electron chi connectivity index (χ4n) is 1.98. The standard InChI is InChI=1S/C16H14N2O4/c19-12-6-2-1-5-11(12)9-17-18-16(20)15-10-21-13-7-3-4-8-14(13)22-15/h1-9,15,19H,10H2,(H,18,20)/b17-9-. The summed E-state index contributed by atoms with van der Waals surface area (Å²) in [6.45, 7) is 0.120. The van der Waals surface area contributed by atoms with Gasteiger partial charge < -0.3 is 14.6 Å². The number of fused-ring (bicyclic) bond motifs is 1. The first-order valence-electron chi connectivity index (χ1n) is 6.73. The molecule has 6 nitrogen and oxygen atoms in total. The number of carbonyl (C=O) groups excluding carboxylic acids is 1. The lowest BCUT2D eigenvalue weighted by Gasteiger charge is -2.24. The summed E-state index contributed by atoms with van der Waals surface area (Å²) in [6, 6.07) is 13.8. The van der Waals surface area contributed by atoms with Crippen molar-refractivity contribution in [3.8, 4) is 17.2 Å². The summed E-state index contributed by atoms with van der Waals surface area (Å²) < 4.78 is 11.0. The Kier molecular flexibility index (Phi) is 3.91. The molecule has 0 saturated carbocycles. The smallest absolute Gasteiger partial charge is 0.284 e. The second-order valence-corrected chi connectivity index (χ2v) is 4.66. The molecule has 1 heterocycles. The molecule has 1 amide bonds. The molecule has 0 aromatic heterocycles. The Morgan fingerprint density at radius 1 is 1.18 bits per heavy atom. The average molecular weight is 298 g/mol. The number of phenolic OH excluding ortho intramolecular Hbond substituents is 1. The molecule has 2 aromatic carbocycles. The fourth-order valence-corrected chi connectivity index (χ4v) is 1.98. The number of ether oxygens (including phenoxy) is 2. The van der Waals surface area contributed by atoms with E-state index in [0.717, 1.165) is 0 Å². The molecule has 2 aromatic rings. The summed E-state index contributed by atoms with van der Waals surface area (Å²) >= 11 is 0. The molecule has 1 unspecified atom stereocenters. The van der Waals surface area contributed by atoms with Gasteiger partial charge in [0.15, 0.2) is 11.5 Å². The van der Waals surface area contributed by atoms with Crippen molar-refractivity contribution in [1.82, 2.24) is 5.43 Å². The predicted octanol–water partition coefficient (Wildman–Crippen LogP) is 1.68. The molecule has 0 fully saturated rings. The number of phenols is 1. The molecule has 22 heavy (non-hydrogen) atoms. The maximum absolute atomic E-state index is 12.0. The molecule has 0 aliphatic carbocycles. The highest BCUT2D eigenvalue weighted by Gasteiger charge is 2.26. The van der Waals surface area contributed by atoms with Crippen LogP contribution in [0.15, 0.2) is 53.6 Å². The third-order valence-electron chi connectivity index (χ3n) is 3.12. The third-order valence-corrected chi connectivity index (χ3v) is 3.12. The third kappa shape index (κ3) is 3.01. The van der Waals surface area contributed by atoms with Crippen molar-refractivity contribution in [1.29, 1.82) is 0 Å². The Morgan fingerprint density at radius 2 is 1.91 bits per heavy atom. The maximum Gasteiger partial charge on any atom is 0.284 e. The highest BCUT2D eigenvalue weighted by molar-refractivity contribution is 5.86. The number of rotatable bonds is 3. The minimum atomic E-state index is -0.767. The first kappa shape index (κ1) is 13.9. The summed E-state index contributed by atoms with van der Waals surface area (Å²) in [7, 11) is 0. The lowest BCUT2D eigenvalue weighted by atomic mass is 10.2. The van der Waals surface area contributed by atoms with E-state index in [-0.39, 0.29) is 12.4 Å². The van der Waals surface area contributed by atoms with E-state index in [9.17, 15) is 9.90 Å². The summed E-state index contributed by atoms with van der Waals surface area (Å²) in [4.78, 5) is 12.0. The van der Waals surface area contributed by atoms with Crippen molar-refractivity contribution in [3.05, 3.63) is 54.1 Å². The van der Waals surface area contributed by atoms with Gasteiger partial charge in [-0.3, -0.25) is 4.79 Å². The highest BCUT2D eigenvalue weighted by Crippen LogP contribution is 2.30. The maximum atomic E-state index is 12.0. The van der Waals surface area contributed by atoms with Gasteiger partial charge >= 0.3 is 0 Å². The first-order chi connectivity index (χ1) is 10.7. The Morgan fingerprint density at radius 3 is 2.73 bits per heavy atom. The van der Waals surface area contributed by atoms with Crippen LogP contribution in [0.3, 0.4) is 0 Å². The van der Waals surface area contributed by atoms with E-state index in [1.165, 1.54) is 12.3 Å². The zero-order valence-corrected chi connectivity index (χ0v) is 11.6. The van der Waals surface area contributed by atoms with Crippen LogP contribution in [0.4, 0.5) is 0 Å². The molecule has 0 spiro atoms. The van der Waals surface area contributed by atoms with Crippen molar-refractivity contribution in [2.45, 2.75) is 6.10 Å². The highest BCUT2D eigenvalue weighted by atomic mass is 16.6. The van der Waals surface area contributed by atoms with Crippen LogP contribution >= 0.6 is 0 Å². The van der Waals surface area contributed by atoms with Crippen LogP contribution in [0.25, 0.3) is 0 Å². The van der Waals surface area contributed by atoms with Crippen molar-refractivity contribution in [2.24, 2.45) is 5.10 Å². The quantitative estimate of drug-likeness (QED) is 0.667. The van der Waals surface area contributed by atoms with E-state index < -0.39 is 12.0 Å². The summed E-state index contributed by atoms with van der Waals surface area (Å²) in [5.41, 5.74) is 2.88. The van der Waals surface area contributed by atoms with Crippen LogP contribution in [-0.2, 0) is 4.79 Å². The van der Waals surface area contributed by atoms with Crippen LogP contribution in [0, 0.1) is 0 Å². The number of benzene rings is 2. The van der Waals surface area contributed by atoms with Crippen LogP contribution in [0.5, 0.6) is 17.2 Å². The fraction of sp³-hybridized carbons (Fsp3) is 0.125. The van der Waals surface area contributed by atoms with Gasteiger partial charge in [0.1, 0.15) is 12.4 Å². The van der Waals surface area contributed by atoms with Crippen LogP contribution in [0.2, 0.25) is 0 Å². The topological polar surface area (TPSA) is 80.2 Å². The molecule has 0 saturated heterocycles. The van der Waals surface area contributed by atoms with Gasteiger partial charge in [-0.05, 0) is 24.3 Å². The van der Waals surface area contributed by atoms with Crippen molar-refractivity contribution in [2.75, 3.05) is 6.61 Å². The Labute approximate surface area is 127 Å². The minimum Gasteiger partial charge on any atom is -0.507 e. The van der Waals surface area contributed by atoms with Gasteiger partial charge in [0, 0.05) is 5.56 Å². The van der Waals surface area contributed by atoms with Crippen molar-refractivity contribution >= 4 is 12.1 Å². The van der Waals surface area contributed by atoms with Gasteiger partial charge in [0.05, 0.1) is 6.21 Å². The van der Waals surface area contributed by atoms with Crippen LogP contribution in [-0.4, -0.2) is 29.9 Å². The minimum absolute atomic E-state index is 0.0895. The number of nitrogens with zero attached hydrogens (tertiary/aromatic N) is 1. The van der Waals surface area contributed by atoms with E-state index in [2.05, 4.69) is 10.5 Å². The zero-order chi connectivity index (χ0) is 15.4. The summed E-state index contributed by atoms with van der Waals surface area (Å²) in [5.74, 6) is 0.815. The Bertz CT molecular complexity index is 715. The average Bonchev–Trinajstić information content (AvgIpc) is 2.56. The van der Waals surface area contributed by atoms with E-state index in [1.54, 1.807) is 36.4 Å². The monoisotopic (exact) mass is 298 g/mol. The number of para-hydroxylation sites is 3. The molecule has 112 valence electrons. The molecule has 0 bridgehead atoms. The Balaban J connectivity index is 1.60. The molecule has 6 heteroatoms. The first-order valence-corrected chi connectivity index (χ1v) is 6.73. The molecule has 1 aliphatic heterocycles. The van der Waals surface area contributed by atoms with Gasteiger partial charge in [0.2, 0.25) is 6.10 Å². The number of amides is 1. The van der Waals surface area contributed by atoms with E-state index in [1.807, 2.05) is 6.07 Å². The van der Waals surface area contributed by atoms with Gasteiger partial charge in [0.25, 0.3) is 5.91 Å². The van der Waals surface area contributed by atoms with Gasteiger partial charge in [-0.1, -0.05) is 24.3 Å². The number of hydrogen-bond donors (Lipinski definition) is 2. The molecule has 3 rings (SSSR count). The zero-order valence-electron chi connectivity index (χ0n) is 11.6. The predicted molar refractivity (Wildman–Crippen MR) is 80.2 cm³/mol. The second-order valence-electron chi connectivity index (χ2n) is 4.66. The summed E-state index contributed by atoms with van der Waals surface area (Å²) in [5, 5.41) is 13.4. The van der Waals surface area contributed by atoms with Crippen molar-refractivity contribution in [3.63, 3.8) is 0 Å². The molecule has 1 atom stereocenters. The van der Waals surface area contributed by atoms with E-state index in [0.29, 0.717) is 17.1 Å². The number of nitrogens with one attached hydrogen (secondary N) is 1. The number of hydrazone groups is 1. The SMILES string of the molecule is O=C(N/N=C\c1ccccc1O)C1COc2ccccc2O1. The molecule has 2 N–H and O–H groups in total. The van der Waals surface area contributed by atoms with Gasteiger partial charge in [-0.15, -0.1) is 0 Å². The second kappa shape index (κ2) is 6.17. The van der Waals surface area contributed by atoms with Gasteiger partial charge in [-0.25, -0.2) is 5.43 Å². The number of hydrogen-bond acceptors (Lipinski definition) is 5.